The van der Waals surface area contributed by atoms with E-state index >= 15 is 0 Å². The normalized spacial score (nSPS) is 24.4. The van der Waals surface area contributed by atoms with Crippen molar-refractivity contribution in [1.82, 2.24) is 0 Å². The summed E-state index contributed by atoms with van der Waals surface area (Å²) in [6.07, 6.45) is 2.76. The van der Waals surface area contributed by atoms with Crippen LogP contribution in [-0.4, -0.2) is 37.9 Å². The Hall–Kier alpha value is -2.14. The highest BCUT2D eigenvalue weighted by atomic mass is 16.6. The summed E-state index contributed by atoms with van der Waals surface area (Å²) in [4.78, 5) is 16.9. The highest BCUT2D eigenvalue weighted by Crippen LogP contribution is 2.36. The summed E-state index contributed by atoms with van der Waals surface area (Å²) in [6.45, 7) is 7.92. The molecule has 25 heavy (non-hydrogen) atoms. The molecule has 0 aromatic heterocycles. The molecule has 2 atom stereocenters. The number of methoxy groups -OCH3 is 1. The molecule has 136 valence electrons. The molecule has 0 aliphatic heterocycles. The number of oxime groups is 1. The molecule has 1 N–H and O–H groups in total. The second kappa shape index (κ2) is 7.83. The molecule has 0 saturated heterocycles. The Balaban J connectivity index is 2.46. The van der Waals surface area contributed by atoms with Crippen molar-refractivity contribution in [3.05, 3.63) is 41.5 Å². The summed E-state index contributed by atoms with van der Waals surface area (Å²) < 4.78 is 5.86. The molecule has 2 rings (SSSR count). The number of hydrogen-bond acceptors (Lipinski definition) is 5. The Morgan fingerprint density at radius 3 is 2.56 bits per heavy atom. The van der Waals surface area contributed by atoms with Gasteiger partial charge in [-0.05, 0) is 37.0 Å². The van der Waals surface area contributed by atoms with Gasteiger partial charge in [0.2, 0.25) is 0 Å². The highest BCUT2D eigenvalue weighted by molar-refractivity contribution is 6.01. The van der Waals surface area contributed by atoms with Gasteiger partial charge < -0.3 is 14.9 Å². The van der Waals surface area contributed by atoms with Crippen molar-refractivity contribution in [3.63, 3.8) is 0 Å². The van der Waals surface area contributed by atoms with E-state index in [1.807, 2.05) is 31.2 Å². The lowest BCUT2D eigenvalue weighted by Gasteiger charge is -2.36. The van der Waals surface area contributed by atoms with Crippen molar-refractivity contribution in [2.45, 2.75) is 46.3 Å². The molecule has 0 saturated carbocycles. The number of Topliss-reactive ketones (excluding diaryl/α,β-unsaturated/α-hetero) is 1. The molecule has 0 fully saturated rings. The van der Waals surface area contributed by atoms with E-state index < -0.39 is 0 Å². The SMILES string of the molecule is CO/N=C1\CC(C)(C)C(OC)C(Nc2ccccc2C(C)=O)C=C1C. The van der Waals surface area contributed by atoms with Gasteiger partial charge in [0.1, 0.15) is 7.11 Å². The Bertz CT molecular complexity index is 692. The molecule has 0 amide bonds. The van der Waals surface area contributed by atoms with E-state index in [1.54, 1.807) is 21.1 Å². The summed E-state index contributed by atoms with van der Waals surface area (Å²) in [5.74, 6) is 0.0345. The lowest BCUT2D eigenvalue weighted by Crippen LogP contribution is -2.44. The number of allylic oxidation sites excluding steroid dienone is 1. The van der Waals surface area contributed by atoms with E-state index in [2.05, 4.69) is 30.4 Å². The van der Waals surface area contributed by atoms with Crippen LogP contribution in [0.5, 0.6) is 0 Å². The van der Waals surface area contributed by atoms with E-state index in [4.69, 9.17) is 9.57 Å². The zero-order valence-corrected chi connectivity index (χ0v) is 15.9. The van der Waals surface area contributed by atoms with Crippen LogP contribution in [0.1, 0.15) is 44.5 Å². The predicted octanol–water partition coefficient (Wildman–Crippen LogP) is 4.06. The first-order chi connectivity index (χ1) is 11.8. The molecule has 5 heteroatoms. The third-order valence-electron chi connectivity index (χ3n) is 4.69. The first-order valence-corrected chi connectivity index (χ1v) is 8.48. The molecular formula is C20H28N2O3. The first-order valence-electron chi connectivity index (χ1n) is 8.48. The minimum Gasteiger partial charge on any atom is -0.399 e. The first kappa shape index (κ1) is 19.2. The van der Waals surface area contributed by atoms with E-state index in [-0.39, 0.29) is 23.3 Å². The maximum atomic E-state index is 11.9. The number of rotatable bonds is 5. The molecule has 2 unspecified atom stereocenters. The van der Waals surface area contributed by atoms with Crippen LogP contribution < -0.4 is 5.32 Å². The topological polar surface area (TPSA) is 59.9 Å². The number of hydrogen-bond donors (Lipinski definition) is 1. The third-order valence-corrected chi connectivity index (χ3v) is 4.69. The fourth-order valence-corrected chi connectivity index (χ4v) is 3.50. The van der Waals surface area contributed by atoms with Crippen molar-refractivity contribution in [2.75, 3.05) is 19.5 Å². The van der Waals surface area contributed by atoms with Crippen LogP contribution in [0.2, 0.25) is 0 Å². The van der Waals surface area contributed by atoms with Crippen molar-refractivity contribution < 1.29 is 14.4 Å². The molecule has 1 aromatic carbocycles. The minimum atomic E-state index is -0.163. The number of carbonyl (C=O) groups is 1. The van der Waals surface area contributed by atoms with Gasteiger partial charge >= 0.3 is 0 Å². The Morgan fingerprint density at radius 1 is 1.28 bits per heavy atom. The van der Waals surface area contributed by atoms with E-state index in [9.17, 15) is 4.79 Å². The van der Waals surface area contributed by atoms with Gasteiger partial charge in [0.05, 0.1) is 17.9 Å². The summed E-state index contributed by atoms with van der Waals surface area (Å²) >= 11 is 0. The maximum absolute atomic E-state index is 11.9. The Kier molecular flexibility index (Phi) is 6.01. The van der Waals surface area contributed by atoms with Gasteiger partial charge in [-0.3, -0.25) is 4.79 Å². The van der Waals surface area contributed by atoms with Crippen LogP contribution in [0.3, 0.4) is 0 Å². The monoisotopic (exact) mass is 344 g/mol. The molecule has 1 aliphatic rings. The second-order valence-corrected chi connectivity index (χ2v) is 7.16. The van der Waals surface area contributed by atoms with Crippen LogP contribution in [0, 0.1) is 5.41 Å². The van der Waals surface area contributed by atoms with Gasteiger partial charge in [-0.1, -0.05) is 37.2 Å². The van der Waals surface area contributed by atoms with Crippen LogP contribution in [-0.2, 0) is 9.57 Å². The molecule has 1 aliphatic carbocycles. The molecule has 0 radical (unpaired) electrons. The average Bonchev–Trinajstić information content (AvgIpc) is 2.62. The summed E-state index contributed by atoms with van der Waals surface area (Å²) in [7, 11) is 3.28. The van der Waals surface area contributed by atoms with Gasteiger partial charge in [0, 0.05) is 24.8 Å². The van der Waals surface area contributed by atoms with Crippen LogP contribution in [0.4, 0.5) is 5.69 Å². The molecule has 0 heterocycles. The number of ether oxygens (including phenoxy) is 1. The quantitative estimate of drug-likeness (QED) is 0.646. The number of benzene rings is 1. The summed E-state index contributed by atoms with van der Waals surface area (Å²) in [6, 6.07) is 7.46. The second-order valence-electron chi connectivity index (χ2n) is 7.16. The summed E-state index contributed by atoms with van der Waals surface area (Å²) in [5.41, 5.74) is 3.29. The molecule has 0 spiro atoms. The Labute approximate surface area is 150 Å². The lowest BCUT2D eigenvalue weighted by molar-refractivity contribution is 0.00714. The summed E-state index contributed by atoms with van der Waals surface area (Å²) in [5, 5.41) is 7.69. The number of ketones is 1. The molecule has 5 nitrogen and oxygen atoms in total. The average molecular weight is 344 g/mol. The number of carbonyl (C=O) groups excluding carboxylic acids is 1. The largest absolute Gasteiger partial charge is 0.399 e. The predicted molar refractivity (Wildman–Crippen MR) is 101 cm³/mol. The smallest absolute Gasteiger partial charge is 0.161 e. The zero-order chi connectivity index (χ0) is 18.6. The van der Waals surface area contributed by atoms with Crippen LogP contribution in [0.15, 0.2) is 41.1 Å². The van der Waals surface area contributed by atoms with Gasteiger partial charge in [-0.25, -0.2) is 0 Å². The standard InChI is InChI=1S/C20H28N2O3/c1-13-11-17(21-16-10-8-7-9-15(16)14(2)23)19(24-5)20(3,4)12-18(13)22-25-6/h7-11,17,19,21H,12H2,1-6H3/b22-18+. The Morgan fingerprint density at radius 2 is 1.96 bits per heavy atom. The minimum absolute atomic E-state index is 0.0345. The number of para-hydroxylation sites is 1. The number of nitrogens with one attached hydrogen (secondary N) is 1. The van der Waals surface area contributed by atoms with Crippen molar-refractivity contribution in [1.29, 1.82) is 0 Å². The van der Waals surface area contributed by atoms with Gasteiger partial charge in [-0.15, -0.1) is 0 Å². The number of nitrogens with zero attached hydrogens (tertiary/aromatic N) is 1. The van der Waals surface area contributed by atoms with Gasteiger partial charge in [0.15, 0.2) is 5.78 Å². The van der Waals surface area contributed by atoms with E-state index in [0.717, 1.165) is 23.4 Å². The van der Waals surface area contributed by atoms with Crippen molar-refractivity contribution >= 4 is 17.2 Å². The fourth-order valence-electron chi connectivity index (χ4n) is 3.50. The fraction of sp³-hybridized carbons (Fsp3) is 0.500. The van der Waals surface area contributed by atoms with Crippen LogP contribution >= 0.6 is 0 Å². The zero-order valence-electron chi connectivity index (χ0n) is 15.9. The third kappa shape index (κ3) is 4.28. The van der Waals surface area contributed by atoms with Crippen molar-refractivity contribution in [2.24, 2.45) is 10.6 Å². The lowest BCUT2D eigenvalue weighted by atomic mass is 9.79. The maximum Gasteiger partial charge on any atom is 0.161 e. The van der Waals surface area contributed by atoms with Gasteiger partial charge in [-0.2, -0.15) is 0 Å². The number of anilines is 1. The molecule has 0 bridgehead atoms. The molecule has 1 aromatic rings. The van der Waals surface area contributed by atoms with Crippen molar-refractivity contribution in [3.8, 4) is 0 Å². The highest BCUT2D eigenvalue weighted by Gasteiger charge is 2.39. The van der Waals surface area contributed by atoms with Crippen LogP contribution in [0.25, 0.3) is 0 Å². The van der Waals surface area contributed by atoms with E-state index in [0.29, 0.717) is 5.56 Å². The van der Waals surface area contributed by atoms with Gasteiger partial charge in [0.25, 0.3) is 0 Å². The molecular weight excluding hydrogens is 316 g/mol. The van der Waals surface area contributed by atoms with E-state index in [1.165, 1.54) is 0 Å².